The number of halogens is 1. The highest BCUT2D eigenvalue weighted by Crippen LogP contribution is 2.27. The second-order valence-corrected chi connectivity index (χ2v) is 8.53. The minimum absolute atomic E-state index is 0.0123. The number of hydrogen-bond acceptors (Lipinski definition) is 3. The Bertz CT molecular complexity index is 701. The van der Waals surface area contributed by atoms with Gasteiger partial charge in [-0.3, -0.25) is 4.79 Å². The summed E-state index contributed by atoms with van der Waals surface area (Å²) in [5, 5.41) is 3.71. The van der Waals surface area contributed by atoms with E-state index in [2.05, 4.69) is 19.2 Å². The third kappa shape index (κ3) is 6.26. The number of hydrogen-bond donors (Lipinski definition) is 1. The third-order valence-corrected chi connectivity index (χ3v) is 5.40. The Labute approximate surface area is 165 Å². The van der Waals surface area contributed by atoms with Crippen molar-refractivity contribution < 1.29 is 9.53 Å². The van der Waals surface area contributed by atoms with Crippen LogP contribution < -0.4 is 10.1 Å². The SMILES string of the molecule is COc1ccc([C@@H](CC(C)C)NC(=O)[C@H](C)Sc2ccc(Cl)cc2)cc1. The number of carbonyl (C=O) groups is 1. The van der Waals surface area contributed by atoms with Crippen LogP contribution in [0, 0.1) is 5.92 Å². The fourth-order valence-electron chi connectivity index (χ4n) is 2.65. The Morgan fingerprint density at radius 2 is 1.69 bits per heavy atom. The Balaban J connectivity index is 2.05. The van der Waals surface area contributed by atoms with Gasteiger partial charge in [-0.2, -0.15) is 0 Å². The number of nitrogens with one attached hydrogen (secondary N) is 1. The van der Waals surface area contributed by atoms with Crippen LogP contribution in [0.1, 0.15) is 38.8 Å². The summed E-state index contributed by atoms with van der Waals surface area (Å²) in [5.41, 5.74) is 1.09. The lowest BCUT2D eigenvalue weighted by Gasteiger charge is -2.23. The molecule has 3 nitrogen and oxygen atoms in total. The van der Waals surface area contributed by atoms with Gasteiger partial charge in [0.1, 0.15) is 5.75 Å². The molecule has 0 aliphatic rings. The summed E-state index contributed by atoms with van der Waals surface area (Å²) in [5.74, 6) is 1.32. The predicted molar refractivity (Wildman–Crippen MR) is 110 cm³/mol. The lowest BCUT2D eigenvalue weighted by molar-refractivity contribution is -0.121. The maximum Gasteiger partial charge on any atom is 0.233 e. The van der Waals surface area contributed by atoms with Gasteiger partial charge < -0.3 is 10.1 Å². The first-order chi connectivity index (χ1) is 12.4. The molecule has 0 aliphatic heterocycles. The highest BCUT2D eigenvalue weighted by Gasteiger charge is 2.21. The van der Waals surface area contributed by atoms with Crippen LogP contribution in [0.25, 0.3) is 0 Å². The molecule has 5 heteroatoms. The van der Waals surface area contributed by atoms with Crippen LogP contribution in [0.15, 0.2) is 53.4 Å². The normalized spacial score (nSPS) is 13.3. The van der Waals surface area contributed by atoms with Crippen molar-refractivity contribution in [2.45, 2.75) is 43.4 Å². The van der Waals surface area contributed by atoms with Gasteiger partial charge in [0.05, 0.1) is 18.4 Å². The average Bonchev–Trinajstić information content (AvgIpc) is 2.62. The fourth-order valence-corrected chi connectivity index (χ4v) is 3.65. The summed E-state index contributed by atoms with van der Waals surface area (Å²) in [6.45, 7) is 6.25. The molecule has 0 spiro atoms. The Hall–Kier alpha value is -1.65. The van der Waals surface area contributed by atoms with Crippen molar-refractivity contribution in [2.75, 3.05) is 7.11 Å². The number of carbonyl (C=O) groups excluding carboxylic acids is 1. The highest BCUT2D eigenvalue weighted by molar-refractivity contribution is 8.00. The monoisotopic (exact) mass is 391 g/mol. The Morgan fingerprint density at radius 1 is 1.08 bits per heavy atom. The van der Waals surface area contributed by atoms with Crippen LogP contribution in [0.4, 0.5) is 0 Å². The van der Waals surface area contributed by atoms with Gasteiger partial charge in [0, 0.05) is 9.92 Å². The van der Waals surface area contributed by atoms with Crippen molar-refractivity contribution in [1.29, 1.82) is 0 Å². The lowest BCUT2D eigenvalue weighted by atomic mass is 9.96. The molecular formula is C21H26ClNO2S. The lowest BCUT2D eigenvalue weighted by Crippen LogP contribution is -2.35. The fraction of sp³-hybridized carbons (Fsp3) is 0.381. The predicted octanol–water partition coefficient (Wildman–Crippen LogP) is 5.73. The molecule has 0 unspecified atom stereocenters. The van der Waals surface area contributed by atoms with Gasteiger partial charge in [-0.15, -0.1) is 11.8 Å². The minimum Gasteiger partial charge on any atom is -0.497 e. The second-order valence-electron chi connectivity index (χ2n) is 6.68. The van der Waals surface area contributed by atoms with E-state index in [4.69, 9.17) is 16.3 Å². The van der Waals surface area contributed by atoms with Gasteiger partial charge in [-0.25, -0.2) is 0 Å². The van der Waals surface area contributed by atoms with Crippen molar-refractivity contribution in [2.24, 2.45) is 5.92 Å². The smallest absolute Gasteiger partial charge is 0.233 e. The molecule has 0 saturated carbocycles. The zero-order valence-corrected chi connectivity index (χ0v) is 17.2. The summed E-state index contributed by atoms with van der Waals surface area (Å²) >= 11 is 7.45. The maximum absolute atomic E-state index is 12.7. The largest absolute Gasteiger partial charge is 0.497 e. The van der Waals surface area contributed by atoms with Crippen LogP contribution >= 0.6 is 23.4 Å². The van der Waals surface area contributed by atoms with Gasteiger partial charge >= 0.3 is 0 Å². The van der Waals surface area contributed by atoms with E-state index < -0.39 is 0 Å². The molecule has 0 bridgehead atoms. The average molecular weight is 392 g/mol. The standard InChI is InChI=1S/C21H26ClNO2S/c1-14(2)13-20(16-5-9-18(25-4)10-6-16)23-21(24)15(3)26-19-11-7-17(22)8-12-19/h5-12,14-15,20H,13H2,1-4H3,(H,23,24)/t15-,20+/m0/s1. The molecule has 0 fully saturated rings. The summed E-state index contributed by atoms with van der Waals surface area (Å²) in [6.07, 6.45) is 0.885. The molecule has 1 amide bonds. The zero-order valence-electron chi connectivity index (χ0n) is 15.7. The first-order valence-corrected chi connectivity index (χ1v) is 10.0. The molecule has 0 aromatic heterocycles. The highest BCUT2D eigenvalue weighted by atomic mass is 35.5. The summed E-state index contributed by atoms with van der Waals surface area (Å²) < 4.78 is 5.22. The van der Waals surface area contributed by atoms with E-state index in [0.717, 1.165) is 22.6 Å². The van der Waals surface area contributed by atoms with Crippen LogP contribution in [-0.4, -0.2) is 18.3 Å². The first-order valence-electron chi connectivity index (χ1n) is 8.75. The quantitative estimate of drug-likeness (QED) is 0.583. The molecule has 26 heavy (non-hydrogen) atoms. The van der Waals surface area contributed by atoms with Crippen LogP contribution in [0.2, 0.25) is 5.02 Å². The van der Waals surface area contributed by atoms with E-state index in [-0.39, 0.29) is 17.2 Å². The molecule has 2 aromatic rings. The topological polar surface area (TPSA) is 38.3 Å². The third-order valence-electron chi connectivity index (χ3n) is 4.04. The van der Waals surface area contributed by atoms with Gasteiger partial charge in [-0.1, -0.05) is 37.6 Å². The number of benzene rings is 2. The molecule has 0 aliphatic carbocycles. The van der Waals surface area contributed by atoms with Gasteiger partial charge in [0.25, 0.3) is 0 Å². The van der Waals surface area contributed by atoms with Crippen molar-refractivity contribution in [3.63, 3.8) is 0 Å². The van der Waals surface area contributed by atoms with Crippen LogP contribution in [0.5, 0.6) is 5.75 Å². The minimum atomic E-state index is -0.191. The Morgan fingerprint density at radius 3 is 2.23 bits per heavy atom. The van der Waals surface area contributed by atoms with E-state index >= 15 is 0 Å². The number of ether oxygens (including phenoxy) is 1. The number of methoxy groups -OCH3 is 1. The van der Waals surface area contributed by atoms with E-state index in [9.17, 15) is 4.79 Å². The van der Waals surface area contributed by atoms with Crippen molar-refractivity contribution >= 4 is 29.3 Å². The maximum atomic E-state index is 12.7. The first kappa shape index (κ1) is 20.7. The van der Waals surface area contributed by atoms with E-state index in [1.807, 2.05) is 55.5 Å². The number of thioether (sulfide) groups is 1. The molecule has 0 radical (unpaired) electrons. The molecule has 1 N–H and O–H groups in total. The molecule has 140 valence electrons. The summed E-state index contributed by atoms with van der Waals surface area (Å²) in [7, 11) is 1.65. The zero-order chi connectivity index (χ0) is 19.1. The van der Waals surface area contributed by atoms with Crippen LogP contribution in [-0.2, 0) is 4.79 Å². The molecule has 2 rings (SSSR count). The molecular weight excluding hydrogens is 366 g/mol. The molecule has 0 heterocycles. The van der Waals surface area contributed by atoms with E-state index in [1.165, 1.54) is 11.8 Å². The van der Waals surface area contributed by atoms with E-state index in [1.54, 1.807) is 7.11 Å². The number of amides is 1. The van der Waals surface area contributed by atoms with Crippen molar-refractivity contribution in [3.05, 3.63) is 59.1 Å². The van der Waals surface area contributed by atoms with Gasteiger partial charge in [0.15, 0.2) is 0 Å². The Kier molecular flexibility index (Phi) is 7.85. The number of rotatable bonds is 8. The van der Waals surface area contributed by atoms with E-state index in [0.29, 0.717) is 10.9 Å². The van der Waals surface area contributed by atoms with Crippen molar-refractivity contribution in [1.82, 2.24) is 5.32 Å². The van der Waals surface area contributed by atoms with Crippen molar-refractivity contribution in [3.8, 4) is 5.75 Å². The summed E-state index contributed by atoms with van der Waals surface area (Å²) in [6, 6.07) is 15.4. The second kappa shape index (κ2) is 9.89. The molecule has 2 atom stereocenters. The van der Waals surface area contributed by atoms with Gasteiger partial charge in [-0.05, 0) is 61.2 Å². The summed E-state index contributed by atoms with van der Waals surface area (Å²) in [4.78, 5) is 13.7. The van der Waals surface area contributed by atoms with Gasteiger partial charge in [0.2, 0.25) is 5.91 Å². The van der Waals surface area contributed by atoms with Crippen LogP contribution in [0.3, 0.4) is 0 Å². The molecule has 0 saturated heterocycles. The molecule has 2 aromatic carbocycles.